The molecule has 3 rings (SSSR count). The standard InChI is InChI=1S/C20H30N6O4/c1-6-25(7-2)19-22-18(23-20(24-19)26-8-10-30-11-9-26)21-14-12-15(27-3)17(29-5)16(13-14)28-4/h12-13H,6-11H2,1-5H3,(H,21,22,23,24). The highest BCUT2D eigenvalue weighted by Crippen LogP contribution is 2.40. The monoisotopic (exact) mass is 418 g/mol. The van der Waals surface area contributed by atoms with Gasteiger partial charge in [0.25, 0.3) is 0 Å². The van der Waals surface area contributed by atoms with Gasteiger partial charge in [-0.1, -0.05) is 0 Å². The van der Waals surface area contributed by atoms with Gasteiger partial charge in [-0.15, -0.1) is 0 Å². The minimum Gasteiger partial charge on any atom is -0.493 e. The van der Waals surface area contributed by atoms with Gasteiger partial charge in [-0.2, -0.15) is 15.0 Å². The number of benzene rings is 1. The number of anilines is 4. The molecule has 1 N–H and O–H groups in total. The molecule has 0 radical (unpaired) electrons. The van der Waals surface area contributed by atoms with Crippen molar-refractivity contribution in [3.05, 3.63) is 12.1 Å². The van der Waals surface area contributed by atoms with Crippen LogP contribution in [-0.2, 0) is 4.74 Å². The molecule has 30 heavy (non-hydrogen) atoms. The zero-order chi connectivity index (χ0) is 21.5. The maximum Gasteiger partial charge on any atom is 0.233 e. The molecular formula is C20H30N6O4. The second-order valence-corrected chi connectivity index (χ2v) is 6.57. The van der Waals surface area contributed by atoms with E-state index in [1.807, 2.05) is 12.1 Å². The number of rotatable bonds is 9. The Morgan fingerprint density at radius 2 is 1.60 bits per heavy atom. The van der Waals surface area contributed by atoms with Gasteiger partial charge in [0.05, 0.1) is 34.5 Å². The molecule has 0 bridgehead atoms. The van der Waals surface area contributed by atoms with Gasteiger partial charge in [0, 0.05) is 44.0 Å². The lowest BCUT2D eigenvalue weighted by Gasteiger charge is -2.28. The Labute approximate surface area is 177 Å². The molecule has 0 aliphatic carbocycles. The van der Waals surface area contributed by atoms with Crippen LogP contribution in [-0.4, -0.2) is 75.7 Å². The Balaban J connectivity index is 1.99. The molecule has 1 saturated heterocycles. The summed E-state index contributed by atoms with van der Waals surface area (Å²) in [6.45, 7) is 8.54. The lowest BCUT2D eigenvalue weighted by Crippen LogP contribution is -2.38. The van der Waals surface area contributed by atoms with E-state index in [-0.39, 0.29) is 0 Å². The number of ether oxygens (including phenoxy) is 4. The maximum atomic E-state index is 5.46. The minimum atomic E-state index is 0.447. The fourth-order valence-electron chi connectivity index (χ4n) is 3.24. The first-order valence-electron chi connectivity index (χ1n) is 10.0. The largest absolute Gasteiger partial charge is 0.493 e. The van der Waals surface area contributed by atoms with Crippen LogP contribution in [0.3, 0.4) is 0 Å². The number of methoxy groups -OCH3 is 3. The van der Waals surface area contributed by atoms with Crippen LogP contribution in [0.2, 0.25) is 0 Å². The average molecular weight is 418 g/mol. The van der Waals surface area contributed by atoms with E-state index >= 15 is 0 Å². The van der Waals surface area contributed by atoms with Crippen molar-refractivity contribution in [2.24, 2.45) is 0 Å². The SMILES string of the molecule is CCN(CC)c1nc(Nc2cc(OC)c(OC)c(OC)c2)nc(N2CCOCC2)n1. The third kappa shape index (κ3) is 4.76. The number of hydrogen-bond acceptors (Lipinski definition) is 10. The average Bonchev–Trinajstić information content (AvgIpc) is 2.79. The molecule has 1 aromatic carbocycles. The summed E-state index contributed by atoms with van der Waals surface area (Å²) < 4.78 is 21.7. The van der Waals surface area contributed by atoms with Crippen molar-refractivity contribution in [2.45, 2.75) is 13.8 Å². The summed E-state index contributed by atoms with van der Waals surface area (Å²) in [6, 6.07) is 3.63. The maximum absolute atomic E-state index is 5.46. The molecule has 1 aliphatic rings. The summed E-state index contributed by atoms with van der Waals surface area (Å²) in [5.41, 5.74) is 0.717. The van der Waals surface area contributed by atoms with Gasteiger partial charge in [-0.05, 0) is 13.8 Å². The molecule has 2 heterocycles. The zero-order valence-electron chi connectivity index (χ0n) is 18.3. The van der Waals surface area contributed by atoms with E-state index in [1.54, 1.807) is 21.3 Å². The highest BCUT2D eigenvalue weighted by molar-refractivity contribution is 5.66. The third-order valence-corrected chi connectivity index (χ3v) is 4.87. The summed E-state index contributed by atoms with van der Waals surface area (Å²) >= 11 is 0. The van der Waals surface area contributed by atoms with E-state index < -0.39 is 0 Å². The van der Waals surface area contributed by atoms with Crippen molar-refractivity contribution in [3.8, 4) is 17.2 Å². The highest BCUT2D eigenvalue weighted by Gasteiger charge is 2.19. The summed E-state index contributed by atoms with van der Waals surface area (Å²) in [6.07, 6.45) is 0. The topological polar surface area (TPSA) is 94.1 Å². The molecular weight excluding hydrogens is 388 g/mol. The molecule has 0 atom stereocenters. The molecule has 1 fully saturated rings. The Kier molecular flexibility index (Phi) is 7.34. The smallest absolute Gasteiger partial charge is 0.233 e. The van der Waals surface area contributed by atoms with E-state index in [2.05, 4.69) is 38.9 Å². The van der Waals surface area contributed by atoms with Gasteiger partial charge >= 0.3 is 0 Å². The fourth-order valence-corrected chi connectivity index (χ4v) is 3.24. The van der Waals surface area contributed by atoms with Crippen LogP contribution < -0.4 is 29.3 Å². The first kappa shape index (κ1) is 21.7. The molecule has 164 valence electrons. The second kappa shape index (κ2) is 10.1. The summed E-state index contributed by atoms with van der Waals surface area (Å²) in [5, 5.41) is 3.27. The zero-order valence-corrected chi connectivity index (χ0v) is 18.3. The predicted octanol–water partition coefficient (Wildman–Crippen LogP) is 2.32. The normalized spacial score (nSPS) is 13.7. The third-order valence-electron chi connectivity index (χ3n) is 4.87. The van der Waals surface area contributed by atoms with Crippen LogP contribution in [0.25, 0.3) is 0 Å². The number of hydrogen-bond donors (Lipinski definition) is 1. The van der Waals surface area contributed by atoms with Crippen LogP contribution in [0.1, 0.15) is 13.8 Å². The van der Waals surface area contributed by atoms with Crippen molar-refractivity contribution in [3.63, 3.8) is 0 Å². The second-order valence-electron chi connectivity index (χ2n) is 6.57. The van der Waals surface area contributed by atoms with E-state index in [0.29, 0.717) is 54.0 Å². The Bertz CT molecular complexity index is 815. The number of nitrogens with one attached hydrogen (secondary N) is 1. The summed E-state index contributed by atoms with van der Waals surface area (Å²) in [5.74, 6) is 3.33. The molecule has 0 unspecified atom stereocenters. The molecule has 10 nitrogen and oxygen atoms in total. The van der Waals surface area contributed by atoms with Crippen molar-refractivity contribution in [1.29, 1.82) is 0 Å². The van der Waals surface area contributed by atoms with Gasteiger partial charge < -0.3 is 34.1 Å². The van der Waals surface area contributed by atoms with Crippen molar-refractivity contribution < 1.29 is 18.9 Å². The van der Waals surface area contributed by atoms with E-state index in [0.717, 1.165) is 26.2 Å². The molecule has 0 saturated carbocycles. The van der Waals surface area contributed by atoms with Gasteiger partial charge in [0.1, 0.15) is 0 Å². The lowest BCUT2D eigenvalue weighted by atomic mass is 10.2. The fraction of sp³-hybridized carbons (Fsp3) is 0.550. The van der Waals surface area contributed by atoms with E-state index in [4.69, 9.17) is 23.9 Å². The molecule has 0 amide bonds. The Hall–Kier alpha value is -3.01. The van der Waals surface area contributed by atoms with Gasteiger partial charge in [0.15, 0.2) is 11.5 Å². The Morgan fingerprint density at radius 3 is 2.13 bits per heavy atom. The first-order valence-corrected chi connectivity index (χ1v) is 10.0. The van der Waals surface area contributed by atoms with Gasteiger partial charge in [-0.3, -0.25) is 0 Å². The summed E-state index contributed by atoms with van der Waals surface area (Å²) in [7, 11) is 4.74. The molecule has 0 spiro atoms. The van der Waals surface area contributed by atoms with Crippen molar-refractivity contribution in [1.82, 2.24) is 15.0 Å². The number of morpholine rings is 1. The predicted molar refractivity (Wildman–Crippen MR) is 116 cm³/mol. The number of nitrogens with zero attached hydrogens (tertiary/aromatic N) is 5. The van der Waals surface area contributed by atoms with Crippen LogP contribution in [0.5, 0.6) is 17.2 Å². The van der Waals surface area contributed by atoms with Crippen LogP contribution >= 0.6 is 0 Å². The van der Waals surface area contributed by atoms with Crippen molar-refractivity contribution in [2.75, 3.05) is 75.8 Å². The van der Waals surface area contributed by atoms with Gasteiger partial charge in [0.2, 0.25) is 23.6 Å². The van der Waals surface area contributed by atoms with Crippen molar-refractivity contribution >= 4 is 23.5 Å². The molecule has 2 aromatic rings. The first-order chi connectivity index (χ1) is 14.6. The lowest BCUT2D eigenvalue weighted by molar-refractivity contribution is 0.122. The molecule has 1 aromatic heterocycles. The van der Waals surface area contributed by atoms with E-state index in [1.165, 1.54) is 0 Å². The van der Waals surface area contributed by atoms with Crippen LogP contribution in [0.15, 0.2) is 12.1 Å². The minimum absolute atomic E-state index is 0.447. The molecule has 1 aliphatic heterocycles. The number of aromatic nitrogens is 3. The quantitative estimate of drug-likeness (QED) is 0.654. The van der Waals surface area contributed by atoms with Gasteiger partial charge in [-0.25, -0.2) is 0 Å². The summed E-state index contributed by atoms with van der Waals surface area (Å²) in [4.78, 5) is 18.2. The van der Waals surface area contributed by atoms with Crippen LogP contribution in [0, 0.1) is 0 Å². The highest BCUT2D eigenvalue weighted by atomic mass is 16.5. The van der Waals surface area contributed by atoms with E-state index in [9.17, 15) is 0 Å². The van der Waals surface area contributed by atoms with Crippen LogP contribution in [0.4, 0.5) is 23.5 Å². The Morgan fingerprint density at radius 1 is 0.967 bits per heavy atom. The molecule has 10 heteroatoms.